The second kappa shape index (κ2) is 4.54. The topological polar surface area (TPSA) is 61.3 Å². The van der Waals surface area contributed by atoms with Gasteiger partial charge in [0.15, 0.2) is 0 Å². The van der Waals surface area contributed by atoms with Gasteiger partial charge in [0, 0.05) is 24.1 Å². The minimum Gasteiger partial charge on any atom is -0.487 e. The van der Waals surface area contributed by atoms with E-state index in [2.05, 4.69) is 11.2 Å². The first-order chi connectivity index (χ1) is 9.10. The fraction of sp³-hybridized carbons (Fsp3) is 0.357. The van der Waals surface area contributed by atoms with Crippen molar-refractivity contribution in [2.45, 2.75) is 26.4 Å². The number of hydrogen-bond donors (Lipinski definition) is 1. The van der Waals surface area contributed by atoms with Gasteiger partial charge in [0.2, 0.25) is 0 Å². The highest BCUT2D eigenvalue weighted by Crippen LogP contribution is 2.40. The fourth-order valence-corrected chi connectivity index (χ4v) is 2.84. The van der Waals surface area contributed by atoms with Crippen LogP contribution >= 0.6 is 11.6 Å². The van der Waals surface area contributed by atoms with Crippen molar-refractivity contribution < 1.29 is 9.26 Å². The standard InChI is InChI=1S/C14H15ClN2O2/c1-7-13(8(2)19-17-7)9-3-10-4-11(6-16)18-14(10)12(15)5-9/h3,5,11H,4,6,16H2,1-2H3. The number of nitrogens with two attached hydrogens (primary N) is 1. The molecule has 1 aliphatic heterocycles. The van der Waals surface area contributed by atoms with E-state index < -0.39 is 0 Å². The van der Waals surface area contributed by atoms with Crippen LogP contribution in [0.4, 0.5) is 0 Å². The number of halogens is 1. The highest BCUT2D eigenvalue weighted by molar-refractivity contribution is 6.32. The smallest absolute Gasteiger partial charge is 0.141 e. The van der Waals surface area contributed by atoms with Gasteiger partial charge in [-0.3, -0.25) is 0 Å². The summed E-state index contributed by atoms with van der Waals surface area (Å²) >= 11 is 6.30. The summed E-state index contributed by atoms with van der Waals surface area (Å²) in [5.74, 6) is 1.55. The quantitative estimate of drug-likeness (QED) is 0.917. The number of nitrogens with zero attached hydrogens (tertiary/aromatic N) is 1. The molecule has 4 nitrogen and oxygen atoms in total. The van der Waals surface area contributed by atoms with Crippen LogP contribution in [0.3, 0.4) is 0 Å². The second-order valence-electron chi connectivity index (χ2n) is 4.83. The second-order valence-corrected chi connectivity index (χ2v) is 5.23. The Balaban J connectivity index is 2.10. The lowest BCUT2D eigenvalue weighted by atomic mass is 10.00. The van der Waals surface area contributed by atoms with Gasteiger partial charge in [0.05, 0.1) is 10.7 Å². The number of fused-ring (bicyclic) bond motifs is 1. The lowest BCUT2D eigenvalue weighted by Crippen LogP contribution is -2.24. The predicted octanol–water partition coefficient (Wildman–Crippen LogP) is 2.87. The van der Waals surface area contributed by atoms with Crippen molar-refractivity contribution in [1.29, 1.82) is 0 Å². The van der Waals surface area contributed by atoms with Gasteiger partial charge in [-0.25, -0.2) is 0 Å². The predicted molar refractivity (Wildman–Crippen MR) is 73.6 cm³/mol. The van der Waals surface area contributed by atoms with Crippen LogP contribution in [-0.4, -0.2) is 17.8 Å². The van der Waals surface area contributed by atoms with Crippen molar-refractivity contribution in [3.63, 3.8) is 0 Å². The van der Waals surface area contributed by atoms with Crippen molar-refractivity contribution in [3.8, 4) is 16.9 Å². The summed E-state index contributed by atoms with van der Waals surface area (Å²) in [6.07, 6.45) is 0.815. The molecule has 1 unspecified atom stereocenters. The minimum atomic E-state index is 0.0208. The monoisotopic (exact) mass is 278 g/mol. The molecule has 3 rings (SSSR count). The molecule has 0 spiro atoms. The summed E-state index contributed by atoms with van der Waals surface area (Å²) < 4.78 is 10.9. The summed E-state index contributed by atoms with van der Waals surface area (Å²) in [5, 5.41) is 4.59. The van der Waals surface area contributed by atoms with Crippen LogP contribution in [0.2, 0.25) is 5.02 Å². The zero-order valence-electron chi connectivity index (χ0n) is 10.9. The summed E-state index contributed by atoms with van der Waals surface area (Å²) in [6, 6.07) is 3.98. The van der Waals surface area contributed by atoms with Crippen LogP contribution in [0.25, 0.3) is 11.1 Å². The maximum atomic E-state index is 6.30. The molecule has 5 heteroatoms. The third-order valence-electron chi connectivity index (χ3n) is 3.44. The first-order valence-corrected chi connectivity index (χ1v) is 6.60. The fourth-order valence-electron chi connectivity index (χ4n) is 2.56. The Labute approximate surface area is 116 Å². The van der Waals surface area contributed by atoms with Crippen LogP contribution in [0.5, 0.6) is 5.75 Å². The average Bonchev–Trinajstić information content (AvgIpc) is 2.93. The van der Waals surface area contributed by atoms with Crippen LogP contribution < -0.4 is 10.5 Å². The van der Waals surface area contributed by atoms with Gasteiger partial charge in [-0.15, -0.1) is 0 Å². The van der Waals surface area contributed by atoms with Gasteiger partial charge in [0.1, 0.15) is 17.6 Å². The molecule has 0 saturated carbocycles. The van der Waals surface area contributed by atoms with Gasteiger partial charge >= 0.3 is 0 Å². The zero-order chi connectivity index (χ0) is 13.6. The molecule has 1 aliphatic rings. The van der Waals surface area contributed by atoms with Crippen molar-refractivity contribution in [1.82, 2.24) is 5.16 Å². The van der Waals surface area contributed by atoms with Gasteiger partial charge in [0.25, 0.3) is 0 Å². The number of hydrogen-bond acceptors (Lipinski definition) is 4. The largest absolute Gasteiger partial charge is 0.487 e. The normalized spacial score (nSPS) is 17.4. The zero-order valence-corrected chi connectivity index (χ0v) is 11.6. The maximum Gasteiger partial charge on any atom is 0.141 e. The van der Waals surface area contributed by atoms with Crippen molar-refractivity contribution >= 4 is 11.6 Å². The molecule has 0 amide bonds. The Morgan fingerprint density at radius 1 is 1.42 bits per heavy atom. The van der Waals surface area contributed by atoms with Crippen molar-refractivity contribution in [3.05, 3.63) is 34.2 Å². The molecule has 0 fully saturated rings. The van der Waals surface area contributed by atoms with Crippen LogP contribution in [-0.2, 0) is 6.42 Å². The molecule has 0 radical (unpaired) electrons. The van der Waals surface area contributed by atoms with E-state index >= 15 is 0 Å². The van der Waals surface area contributed by atoms with Gasteiger partial charge in [-0.05, 0) is 31.5 Å². The molecule has 0 saturated heterocycles. The third-order valence-corrected chi connectivity index (χ3v) is 3.72. The molecule has 0 bridgehead atoms. The van der Waals surface area contributed by atoms with Crippen LogP contribution in [0.1, 0.15) is 17.0 Å². The Kier molecular flexibility index (Phi) is 2.99. The van der Waals surface area contributed by atoms with E-state index in [0.29, 0.717) is 11.6 Å². The van der Waals surface area contributed by atoms with Crippen LogP contribution in [0.15, 0.2) is 16.7 Å². The summed E-state index contributed by atoms with van der Waals surface area (Å²) in [6.45, 7) is 4.31. The van der Waals surface area contributed by atoms with E-state index in [-0.39, 0.29) is 6.10 Å². The van der Waals surface area contributed by atoms with Crippen molar-refractivity contribution in [2.75, 3.05) is 6.54 Å². The lowest BCUT2D eigenvalue weighted by Gasteiger charge is -2.08. The Bertz CT molecular complexity index is 617. The number of aryl methyl sites for hydroxylation is 2. The molecule has 1 atom stereocenters. The lowest BCUT2D eigenvalue weighted by molar-refractivity contribution is 0.241. The number of benzene rings is 1. The van der Waals surface area contributed by atoms with E-state index in [4.69, 9.17) is 26.6 Å². The molecule has 2 aromatic rings. The molecule has 2 N–H and O–H groups in total. The Morgan fingerprint density at radius 3 is 2.84 bits per heavy atom. The van der Waals surface area contributed by atoms with E-state index in [9.17, 15) is 0 Å². The molecule has 19 heavy (non-hydrogen) atoms. The molecule has 0 aliphatic carbocycles. The molecular formula is C14H15ClN2O2. The molecule has 100 valence electrons. The van der Waals surface area contributed by atoms with Gasteiger partial charge in [-0.2, -0.15) is 0 Å². The SMILES string of the molecule is Cc1noc(C)c1-c1cc(Cl)c2c(c1)CC(CN)O2. The molecule has 2 heterocycles. The Hall–Kier alpha value is -1.52. The molecule has 1 aromatic carbocycles. The first kappa shape index (κ1) is 12.5. The van der Waals surface area contributed by atoms with Crippen LogP contribution in [0, 0.1) is 13.8 Å². The maximum absolute atomic E-state index is 6.30. The number of rotatable bonds is 2. The highest BCUT2D eigenvalue weighted by atomic mass is 35.5. The van der Waals surface area contributed by atoms with Gasteiger partial charge in [-0.1, -0.05) is 16.8 Å². The highest BCUT2D eigenvalue weighted by Gasteiger charge is 2.26. The van der Waals surface area contributed by atoms with E-state index in [1.807, 2.05) is 19.9 Å². The van der Waals surface area contributed by atoms with Crippen molar-refractivity contribution in [2.24, 2.45) is 5.73 Å². The summed E-state index contributed by atoms with van der Waals surface area (Å²) in [5.41, 5.74) is 9.63. The molecular weight excluding hydrogens is 264 g/mol. The van der Waals surface area contributed by atoms with E-state index in [1.54, 1.807) is 0 Å². The Morgan fingerprint density at radius 2 is 2.21 bits per heavy atom. The van der Waals surface area contributed by atoms with Gasteiger partial charge < -0.3 is 15.0 Å². The number of aromatic nitrogens is 1. The summed E-state index contributed by atoms with van der Waals surface area (Å²) in [4.78, 5) is 0. The third kappa shape index (κ3) is 2.01. The molecule has 1 aromatic heterocycles. The average molecular weight is 279 g/mol. The number of ether oxygens (including phenoxy) is 1. The first-order valence-electron chi connectivity index (χ1n) is 6.22. The minimum absolute atomic E-state index is 0.0208. The van der Waals surface area contributed by atoms with E-state index in [1.165, 1.54) is 0 Å². The summed E-state index contributed by atoms with van der Waals surface area (Å²) in [7, 11) is 0. The van der Waals surface area contributed by atoms with E-state index in [0.717, 1.165) is 40.3 Å².